The third-order valence-electron chi connectivity index (χ3n) is 2.39. The lowest BCUT2D eigenvalue weighted by molar-refractivity contribution is -0.139. The van der Waals surface area contributed by atoms with E-state index in [1.807, 2.05) is 22.6 Å². The van der Waals surface area contributed by atoms with Crippen molar-refractivity contribution in [3.63, 3.8) is 0 Å². The van der Waals surface area contributed by atoms with E-state index >= 15 is 0 Å². The zero-order valence-electron chi connectivity index (χ0n) is 8.09. The van der Waals surface area contributed by atoms with Crippen LogP contribution in [0.25, 0.3) is 0 Å². The number of amides is 1. The molecule has 1 aliphatic carbocycles. The van der Waals surface area contributed by atoms with Crippen molar-refractivity contribution in [3.05, 3.63) is 0 Å². The molecule has 1 N–H and O–H groups in total. The highest BCUT2D eigenvalue weighted by Crippen LogP contribution is 2.26. The number of esters is 1. The summed E-state index contributed by atoms with van der Waals surface area (Å²) in [5.41, 5.74) is 0. The van der Waals surface area contributed by atoms with Crippen molar-refractivity contribution in [1.82, 2.24) is 5.32 Å². The minimum Gasteiger partial charge on any atom is -0.468 e. The molecular formula is C9H14INO3. The molecule has 0 aliphatic heterocycles. The van der Waals surface area contributed by atoms with Crippen LogP contribution in [0.4, 0.5) is 0 Å². The number of ether oxygens (including phenoxy) is 1. The minimum atomic E-state index is -0.292. The van der Waals surface area contributed by atoms with Crippen LogP contribution in [-0.4, -0.2) is 29.5 Å². The molecule has 80 valence electrons. The van der Waals surface area contributed by atoms with E-state index in [0.29, 0.717) is 6.54 Å². The molecule has 1 aliphatic rings. The van der Waals surface area contributed by atoms with Crippen molar-refractivity contribution in [2.75, 3.05) is 13.7 Å². The fourth-order valence-electron chi connectivity index (χ4n) is 1.22. The van der Waals surface area contributed by atoms with Crippen LogP contribution >= 0.6 is 22.6 Å². The molecule has 4 nitrogen and oxygen atoms in total. The Morgan fingerprint density at radius 3 is 2.64 bits per heavy atom. The minimum absolute atomic E-state index is 0.0711. The Balaban J connectivity index is 2.18. The second-order valence-electron chi connectivity index (χ2n) is 3.36. The fourth-order valence-corrected chi connectivity index (χ4v) is 1.69. The first-order valence-corrected chi connectivity index (χ1v) is 5.89. The third kappa shape index (κ3) is 3.11. The second-order valence-corrected chi connectivity index (χ2v) is 4.87. The Bertz CT molecular complexity index is 228. The van der Waals surface area contributed by atoms with Gasteiger partial charge in [0.2, 0.25) is 5.91 Å². The molecule has 1 fully saturated rings. The summed E-state index contributed by atoms with van der Waals surface area (Å²) in [6, 6.07) is 0. The van der Waals surface area contributed by atoms with Crippen molar-refractivity contribution < 1.29 is 14.3 Å². The maximum absolute atomic E-state index is 11.4. The summed E-state index contributed by atoms with van der Waals surface area (Å²) in [5, 5.41) is 2.75. The molecular weight excluding hydrogens is 297 g/mol. The average molecular weight is 311 g/mol. The van der Waals surface area contributed by atoms with E-state index in [9.17, 15) is 9.59 Å². The van der Waals surface area contributed by atoms with Crippen LogP contribution in [0.2, 0.25) is 0 Å². The SMILES string of the molecule is COC(=O)C(I)CNC(=O)C1CCC1. The number of halogens is 1. The molecule has 1 saturated carbocycles. The van der Waals surface area contributed by atoms with Crippen LogP contribution in [0, 0.1) is 5.92 Å². The predicted octanol–water partition coefficient (Wildman–Crippen LogP) is 0.879. The van der Waals surface area contributed by atoms with Gasteiger partial charge in [-0.1, -0.05) is 29.0 Å². The van der Waals surface area contributed by atoms with E-state index in [0.717, 1.165) is 19.3 Å². The lowest BCUT2D eigenvalue weighted by Gasteiger charge is -2.24. The summed E-state index contributed by atoms with van der Waals surface area (Å²) in [4.78, 5) is 22.4. The Labute approximate surface area is 96.9 Å². The average Bonchev–Trinajstić information content (AvgIpc) is 2.10. The summed E-state index contributed by atoms with van der Waals surface area (Å²) in [6.45, 7) is 0.364. The predicted molar refractivity (Wildman–Crippen MR) is 60.2 cm³/mol. The van der Waals surface area contributed by atoms with E-state index in [1.165, 1.54) is 7.11 Å². The topological polar surface area (TPSA) is 55.4 Å². The highest BCUT2D eigenvalue weighted by molar-refractivity contribution is 14.1. The van der Waals surface area contributed by atoms with Crippen molar-refractivity contribution in [3.8, 4) is 0 Å². The fraction of sp³-hybridized carbons (Fsp3) is 0.778. The smallest absolute Gasteiger partial charge is 0.320 e. The van der Waals surface area contributed by atoms with E-state index < -0.39 is 0 Å². The molecule has 0 aromatic rings. The molecule has 1 unspecified atom stereocenters. The Kier molecular flexibility index (Phi) is 4.64. The molecule has 0 aromatic carbocycles. The monoisotopic (exact) mass is 311 g/mol. The Morgan fingerprint density at radius 2 is 2.21 bits per heavy atom. The summed E-state index contributed by atoms with van der Waals surface area (Å²) < 4.78 is 4.26. The first-order valence-electron chi connectivity index (χ1n) is 4.64. The van der Waals surface area contributed by atoms with Crippen molar-refractivity contribution >= 4 is 34.5 Å². The summed E-state index contributed by atoms with van der Waals surface area (Å²) >= 11 is 1.97. The van der Waals surface area contributed by atoms with Crippen molar-refractivity contribution in [1.29, 1.82) is 0 Å². The number of alkyl halides is 1. The van der Waals surface area contributed by atoms with Gasteiger partial charge in [-0.2, -0.15) is 0 Å². The van der Waals surface area contributed by atoms with Gasteiger partial charge in [-0.3, -0.25) is 9.59 Å². The largest absolute Gasteiger partial charge is 0.468 e. The van der Waals surface area contributed by atoms with Gasteiger partial charge < -0.3 is 10.1 Å². The maximum atomic E-state index is 11.4. The van der Waals surface area contributed by atoms with Gasteiger partial charge in [-0.15, -0.1) is 0 Å². The molecule has 0 saturated heterocycles. The number of methoxy groups -OCH3 is 1. The maximum Gasteiger partial charge on any atom is 0.320 e. The lowest BCUT2D eigenvalue weighted by Crippen LogP contribution is -2.39. The van der Waals surface area contributed by atoms with Gasteiger partial charge in [0.15, 0.2) is 0 Å². The lowest BCUT2D eigenvalue weighted by atomic mass is 9.85. The van der Waals surface area contributed by atoms with Crippen LogP contribution in [-0.2, 0) is 14.3 Å². The van der Waals surface area contributed by atoms with Crippen LogP contribution < -0.4 is 5.32 Å². The van der Waals surface area contributed by atoms with Gasteiger partial charge in [-0.25, -0.2) is 0 Å². The van der Waals surface area contributed by atoms with Crippen LogP contribution in [0.1, 0.15) is 19.3 Å². The number of hydrogen-bond donors (Lipinski definition) is 1. The molecule has 0 radical (unpaired) electrons. The van der Waals surface area contributed by atoms with Crippen LogP contribution in [0.3, 0.4) is 0 Å². The summed E-state index contributed by atoms with van der Waals surface area (Å²) in [7, 11) is 1.35. The number of carbonyl (C=O) groups is 2. The molecule has 0 aromatic heterocycles. The highest BCUT2D eigenvalue weighted by Gasteiger charge is 2.26. The van der Waals surface area contributed by atoms with Gasteiger partial charge in [0.05, 0.1) is 7.11 Å². The van der Waals surface area contributed by atoms with Gasteiger partial charge >= 0.3 is 5.97 Å². The molecule has 14 heavy (non-hydrogen) atoms. The standard InChI is InChI=1S/C9H14INO3/c1-14-9(13)7(10)5-11-8(12)6-3-2-4-6/h6-7H,2-5H2,1H3,(H,11,12). The first-order chi connectivity index (χ1) is 6.65. The molecule has 0 heterocycles. The number of hydrogen-bond acceptors (Lipinski definition) is 3. The zero-order valence-corrected chi connectivity index (χ0v) is 10.2. The summed E-state index contributed by atoms with van der Waals surface area (Å²) in [5.74, 6) is -0.0439. The van der Waals surface area contributed by atoms with Crippen LogP contribution in [0.15, 0.2) is 0 Å². The molecule has 0 bridgehead atoms. The van der Waals surface area contributed by atoms with Gasteiger partial charge in [0.25, 0.3) is 0 Å². The Hall–Kier alpha value is -0.330. The van der Waals surface area contributed by atoms with E-state index in [1.54, 1.807) is 0 Å². The normalized spacial score (nSPS) is 18.1. The summed E-state index contributed by atoms with van der Waals surface area (Å²) in [6.07, 6.45) is 3.11. The first kappa shape index (κ1) is 11.7. The van der Waals surface area contributed by atoms with Crippen molar-refractivity contribution in [2.24, 2.45) is 5.92 Å². The highest BCUT2D eigenvalue weighted by atomic mass is 127. The Morgan fingerprint density at radius 1 is 1.57 bits per heavy atom. The second kappa shape index (κ2) is 5.53. The number of nitrogens with one attached hydrogen (secondary N) is 1. The quantitative estimate of drug-likeness (QED) is 0.476. The van der Waals surface area contributed by atoms with Gasteiger partial charge in [-0.05, 0) is 12.8 Å². The van der Waals surface area contributed by atoms with E-state index in [2.05, 4.69) is 10.1 Å². The number of rotatable bonds is 4. The zero-order chi connectivity index (χ0) is 10.6. The molecule has 1 amide bonds. The third-order valence-corrected chi connectivity index (χ3v) is 3.34. The van der Waals surface area contributed by atoms with Gasteiger partial charge in [0.1, 0.15) is 3.92 Å². The van der Waals surface area contributed by atoms with E-state index in [-0.39, 0.29) is 21.7 Å². The molecule has 0 spiro atoms. The van der Waals surface area contributed by atoms with Crippen LogP contribution in [0.5, 0.6) is 0 Å². The molecule has 1 atom stereocenters. The van der Waals surface area contributed by atoms with Gasteiger partial charge in [0, 0.05) is 12.5 Å². The van der Waals surface area contributed by atoms with Crippen molar-refractivity contribution in [2.45, 2.75) is 23.2 Å². The molecule has 1 rings (SSSR count). The van der Waals surface area contributed by atoms with E-state index in [4.69, 9.17) is 0 Å². The number of carbonyl (C=O) groups excluding carboxylic acids is 2. The molecule has 5 heteroatoms.